The number of pyridine rings is 3. The normalized spacial score (nSPS) is 19.4. The lowest BCUT2D eigenvalue weighted by atomic mass is 9.94. The van der Waals surface area contributed by atoms with Crippen molar-refractivity contribution in [3.05, 3.63) is 240 Å². The number of carbonyl (C=O) groups excluding carboxylic acids is 3. The summed E-state index contributed by atoms with van der Waals surface area (Å²) >= 11 is 3.50. The van der Waals surface area contributed by atoms with E-state index in [4.69, 9.17) is 28.4 Å². The SMILES string of the molecule is CC(=O)[C@@H]1[C@H]2Cc3cc(OCc4cccc(-c5c(C)cc(OCCCS(C)(=O)=O)cc5C)c4)ncc3[C@H]21.CC(=O)[C@H]1[C@@H]2Cc3cc(OCc4cccc(-c5c(C)cc(OCCCS(C)(=O)=O)cc5C)c4)ncc3[C@@H]21.CCOC(=O)C1C2Cc3cc(=O)[nH]cc3C21.Cc1cc(OCCCS(C)(=O)=O)cc(C)c1-c1cccc(CBr)c1. The van der Waals surface area contributed by atoms with Crippen LogP contribution in [0.15, 0.2) is 151 Å². The fourth-order valence-corrected chi connectivity index (χ4v) is 19.6. The van der Waals surface area contributed by atoms with Crippen molar-refractivity contribution in [1.29, 1.82) is 0 Å². The van der Waals surface area contributed by atoms with E-state index in [1.807, 2.05) is 92.1 Å². The number of carbonyl (C=O) groups is 3. The van der Waals surface area contributed by atoms with Gasteiger partial charge in [0.05, 0.1) is 49.6 Å². The highest BCUT2D eigenvalue weighted by Gasteiger charge is 2.61. The van der Waals surface area contributed by atoms with Crippen LogP contribution in [0, 0.1) is 77.0 Å². The molecule has 3 saturated carbocycles. The van der Waals surface area contributed by atoms with Crippen LogP contribution < -0.4 is 29.2 Å². The number of fused-ring (bicyclic) bond motifs is 9. The quantitative estimate of drug-likeness (QED) is 0.0259. The lowest BCUT2D eigenvalue weighted by molar-refractivity contribution is -0.145. The average Bonchev–Trinajstić information content (AvgIpc) is 1.56. The monoisotopic (exact) mass is 1670 g/mol. The van der Waals surface area contributed by atoms with Crippen LogP contribution in [-0.4, -0.2) is 120 Å². The summed E-state index contributed by atoms with van der Waals surface area (Å²) in [6.07, 6.45) is 13.4. The second-order valence-corrected chi connectivity index (χ2v) is 38.9. The van der Waals surface area contributed by atoms with Crippen molar-refractivity contribution in [1.82, 2.24) is 15.0 Å². The number of H-pyrrole nitrogens is 1. The molecule has 3 fully saturated rings. The van der Waals surface area contributed by atoms with Gasteiger partial charge < -0.3 is 33.4 Å². The molecule has 0 aliphatic heterocycles. The number of rotatable bonds is 29. The third kappa shape index (κ3) is 21.0. The number of nitrogens with one attached hydrogen (secondary N) is 1. The molecule has 6 aromatic carbocycles. The van der Waals surface area contributed by atoms with Crippen LogP contribution in [0.25, 0.3) is 33.4 Å². The highest BCUT2D eigenvalue weighted by atomic mass is 79.9. The molecule has 114 heavy (non-hydrogen) atoms. The molecule has 0 amide bonds. The Morgan fingerprint density at radius 1 is 0.456 bits per heavy atom. The minimum Gasteiger partial charge on any atom is -0.494 e. The highest BCUT2D eigenvalue weighted by molar-refractivity contribution is 9.08. The Morgan fingerprint density at radius 2 is 0.798 bits per heavy atom. The molecule has 23 heteroatoms. The number of Topliss-reactive ketones (excluding diaryl/α,β-unsaturated/α-hetero) is 2. The zero-order valence-electron chi connectivity index (χ0n) is 66.9. The lowest BCUT2D eigenvalue weighted by Crippen LogP contribution is -2.13. The van der Waals surface area contributed by atoms with Gasteiger partial charge in [0.2, 0.25) is 17.3 Å². The second kappa shape index (κ2) is 35.8. The molecule has 9 aromatic rings. The fourth-order valence-electron chi connectivity index (χ4n) is 17.4. The fraction of sp³-hybridized carbons (Fsp3) is 0.407. The Hall–Kier alpha value is -9.29. The van der Waals surface area contributed by atoms with Gasteiger partial charge in [-0.05, 0) is 296 Å². The van der Waals surface area contributed by atoms with Crippen molar-refractivity contribution in [2.24, 2.45) is 35.5 Å². The molecule has 602 valence electrons. The Bertz CT molecular complexity index is 5260. The van der Waals surface area contributed by atoms with Crippen LogP contribution in [0.5, 0.6) is 29.0 Å². The van der Waals surface area contributed by atoms with Gasteiger partial charge >= 0.3 is 5.97 Å². The van der Waals surface area contributed by atoms with E-state index in [1.165, 1.54) is 57.7 Å². The van der Waals surface area contributed by atoms with Crippen LogP contribution in [-0.2, 0) is 86.4 Å². The first-order chi connectivity index (χ1) is 54.2. The first-order valence-corrected chi connectivity index (χ1v) is 46.2. The van der Waals surface area contributed by atoms with Gasteiger partial charge in [0.15, 0.2) is 0 Å². The number of nitrogens with zero attached hydrogens (tertiary/aromatic N) is 2. The van der Waals surface area contributed by atoms with E-state index in [0.717, 1.165) is 120 Å². The van der Waals surface area contributed by atoms with Crippen LogP contribution in [0.3, 0.4) is 0 Å². The molecule has 19 nitrogen and oxygen atoms in total. The largest absolute Gasteiger partial charge is 0.494 e. The summed E-state index contributed by atoms with van der Waals surface area (Å²) in [6, 6.07) is 42.9. The molecule has 15 rings (SSSR count). The summed E-state index contributed by atoms with van der Waals surface area (Å²) in [5.41, 5.74) is 24.1. The Balaban J connectivity index is 0.000000147. The molecule has 0 bridgehead atoms. The van der Waals surface area contributed by atoms with Crippen molar-refractivity contribution in [2.45, 2.75) is 137 Å². The number of ketones is 2. The molecule has 0 radical (unpaired) electrons. The van der Waals surface area contributed by atoms with Gasteiger partial charge in [-0.15, -0.1) is 0 Å². The number of hydrogen-bond acceptors (Lipinski definition) is 18. The van der Waals surface area contributed by atoms with Crippen molar-refractivity contribution in [3.63, 3.8) is 0 Å². The molecular formula is C91H102BrN3O16S3. The number of benzene rings is 6. The number of esters is 1. The van der Waals surface area contributed by atoms with E-state index in [2.05, 4.69) is 121 Å². The van der Waals surface area contributed by atoms with Gasteiger partial charge in [0.25, 0.3) is 0 Å². The van der Waals surface area contributed by atoms with Gasteiger partial charge in [-0.1, -0.05) is 76.6 Å². The standard InChI is InChI=1S/2C30H33NO5S.C19H23BrO3S.C12H13NO3/c2*1-18-11-24(35-9-6-10-37(4,33)34)12-19(2)28(18)22-8-5-7-21(13-22)17-36-27-15-23-14-25-29(20(3)32)30(25)26(23)16-31-27;1-14-10-18(23-8-5-9-24(3,21)22)11-15(2)19(14)17-7-4-6-16(12-17)13-20;1-2-16-12(15)11-7-3-6-4-9(14)13-5-8(6)10(7)11/h2*5,7-8,11-13,15-16,25,29-30H,6,9-10,14,17H2,1-4H3;4,6-7,10-12H,5,8-9,13H2,1-3H3;4-5,7,10-11H,2-3H2,1H3,(H,13,14)/t2*25-,29-,30+;;/m10../s1. The van der Waals surface area contributed by atoms with Gasteiger partial charge in [-0.25, -0.2) is 35.2 Å². The maximum Gasteiger partial charge on any atom is 0.309 e. The van der Waals surface area contributed by atoms with Crippen LogP contribution in [0.4, 0.5) is 0 Å². The lowest BCUT2D eigenvalue weighted by Gasteiger charge is -2.15. The van der Waals surface area contributed by atoms with E-state index in [-0.39, 0.29) is 64.0 Å². The third-order valence-electron chi connectivity index (χ3n) is 22.4. The van der Waals surface area contributed by atoms with E-state index in [0.29, 0.717) is 100 Å². The van der Waals surface area contributed by atoms with Crippen LogP contribution in [0.2, 0.25) is 0 Å². The van der Waals surface area contributed by atoms with E-state index >= 15 is 0 Å². The van der Waals surface area contributed by atoms with Gasteiger partial charge in [0, 0.05) is 78.6 Å². The number of ether oxygens (including phenoxy) is 6. The van der Waals surface area contributed by atoms with E-state index in [9.17, 15) is 44.4 Å². The number of sulfone groups is 3. The van der Waals surface area contributed by atoms with Crippen LogP contribution in [0.1, 0.15) is 141 Å². The molecule has 0 saturated heterocycles. The number of halogens is 1. The van der Waals surface area contributed by atoms with Gasteiger partial charge in [-0.3, -0.25) is 19.2 Å². The molecule has 9 atom stereocenters. The second-order valence-electron chi connectivity index (χ2n) is 31.6. The minimum absolute atomic E-state index is 0.0263. The zero-order chi connectivity index (χ0) is 81.7. The van der Waals surface area contributed by atoms with Gasteiger partial charge in [0.1, 0.15) is 71.5 Å². The average molecular weight is 1670 g/mol. The molecular weight excluding hydrogens is 1570 g/mol. The van der Waals surface area contributed by atoms with Gasteiger partial charge in [-0.2, -0.15) is 0 Å². The summed E-state index contributed by atoms with van der Waals surface area (Å²) < 4.78 is 102. The topological polar surface area (TPSA) is 268 Å². The van der Waals surface area contributed by atoms with Crippen molar-refractivity contribution in [2.75, 3.05) is 62.5 Å². The third-order valence-corrected chi connectivity index (χ3v) is 26.1. The molecule has 0 spiro atoms. The van der Waals surface area contributed by atoms with Crippen LogP contribution >= 0.6 is 15.9 Å². The van der Waals surface area contributed by atoms with E-state index in [1.54, 1.807) is 26.1 Å². The summed E-state index contributed by atoms with van der Waals surface area (Å²) in [6.45, 7) is 20.0. The molecule has 3 aromatic heterocycles. The Morgan fingerprint density at radius 3 is 1.15 bits per heavy atom. The Labute approximate surface area is 678 Å². The highest BCUT2D eigenvalue weighted by Crippen LogP contribution is 2.64. The number of aromatic amines is 1. The van der Waals surface area contributed by atoms with Crippen molar-refractivity contribution >= 4 is 63.0 Å². The first kappa shape index (κ1) is 84.1. The first-order valence-electron chi connectivity index (χ1n) is 38.9. The zero-order valence-corrected chi connectivity index (χ0v) is 70.9. The number of alkyl halides is 1. The molecule has 3 unspecified atom stereocenters. The molecule has 3 heterocycles. The maximum atomic E-state index is 11.8. The molecule has 1 N–H and O–H groups in total. The molecule has 6 aliphatic carbocycles. The number of aryl methyl sites for hydroxylation is 6. The summed E-state index contributed by atoms with van der Waals surface area (Å²) in [5.74, 6) is 7.12. The predicted octanol–water partition coefficient (Wildman–Crippen LogP) is 16.0. The maximum absolute atomic E-state index is 11.8. The van der Waals surface area contributed by atoms with Crippen molar-refractivity contribution in [3.8, 4) is 62.4 Å². The van der Waals surface area contributed by atoms with Crippen molar-refractivity contribution < 1.29 is 68.1 Å². The predicted molar refractivity (Wildman–Crippen MR) is 449 cm³/mol. The molecule has 6 aliphatic rings. The number of hydrogen-bond donors (Lipinski definition) is 1. The van der Waals surface area contributed by atoms with E-state index < -0.39 is 29.5 Å². The summed E-state index contributed by atoms with van der Waals surface area (Å²) in [7, 11) is -8.88. The smallest absolute Gasteiger partial charge is 0.309 e. The minimum atomic E-state index is -2.98. The summed E-state index contributed by atoms with van der Waals surface area (Å²) in [5, 5.41) is 0.834. The number of aromatic nitrogens is 3. The Kier molecular flexibility index (Phi) is 26.4. The summed E-state index contributed by atoms with van der Waals surface area (Å²) in [4.78, 5) is 57.9.